The molecule has 3 atom stereocenters. The van der Waals surface area contributed by atoms with Crippen molar-refractivity contribution in [2.24, 2.45) is 11.8 Å². The van der Waals surface area contributed by atoms with Gasteiger partial charge in [0.05, 0.1) is 38.7 Å². The van der Waals surface area contributed by atoms with Gasteiger partial charge < -0.3 is 29.9 Å². The zero-order chi connectivity index (χ0) is 22.3. The molecule has 0 aromatic rings. The average Bonchev–Trinajstić information content (AvgIpc) is 2.67. The standard InChI is InChI=1S/C21H38N2O6/c1-4-5-6-7-8-19(25)22-11-14-23(15-16-24,12-9-17(2)20(26)27)13-10-18(3)21(28)29/h7-8,17-18,24H,4-6,9-16H2,1-3H3,(H2-,22,25,26,27,28,29)/b8-7+. The quantitative estimate of drug-likeness (QED) is 0.181. The number of carbonyl (C=O) groups excluding carboxylic acids is 2. The van der Waals surface area contributed by atoms with Gasteiger partial charge in [-0.25, -0.2) is 0 Å². The third kappa shape index (κ3) is 12.3. The van der Waals surface area contributed by atoms with Crippen molar-refractivity contribution in [3.05, 3.63) is 12.2 Å². The van der Waals surface area contributed by atoms with Crippen molar-refractivity contribution in [3.63, 3.8) is 0 Å². The Hall–Kier alpha value is -1.93. The van der Waals surface area contributed by atoms with E-state index in [1.54, 1.807) is 13.8 Å². The van der Waals surface area contributed by atoms with E-state index in [9.17, 15) is 24.6 Å². The highest BCUT2D eigenvalue weighted by molar-refractivity contribution is 5.87. The van der Waals surface area contributed by atoms with Gasteiger partial charge in [-0.05, 0) is 12.5 Å². The minimum atomic E-state index is -1.13. The molecule has 1 amide bonds. The molecule has 8 nitrogen and oxygen atoms in total. The number of aliphatic hydroxyl groups excluding tert-OH is 1. The summed E-state index contributed by atoms with van der Waals surface area (Å²) in [6, 6.07) is 0. The van der Waals surface area contributed by atoms with E-state index in [0.717, 1.165) is 19.3 Å². The Morgan fingerprint density at radius 2 is 1.69 bits per heavy atom. The average molecular weight is 415 g/mol. The maximum absolute atomic E-state index is 11.9. The lowest BCUT2D eigenvalue weighted by molar-refractivity contribution is -0.928. The number of carboxylic acid groups (broad SMARTS) is 2. The summed E-state index contributed by atoms with van der Waals surface area (Å²) >= 11 is 0. The van der Waals surface area contributed by atoms with Crippen molar-refractivity contribution < 1.29 is 34.2 Å². The first-order valence-corrected chi connectivity index (χ1v) is 10.5. The van der Waals surface area contributed by atoms with Crippen molar-refractivity contribution in [3.8, 4) is 0 Å². The van der Waals surface area contributed by atoms with Crippen LogP contribution in [0.5, 0.6) is 0 Å². The van der Waals surface area contributed by atoms with E-state index in [-0.39, 0.29) is 12.5 Å². The third-order valence-electron chi connectivity index (χ3n) is 5.35. The number of carboxylic acids is 2. The molecule has 0 bridgehead atoms. The number of rotatable bonds is 17. The number of aliphatic carboxylic acids is 2. The van der Waals surface area contributed by atoms with Gasteiger partial charge in [-0.15, -0.1) is 0 Å². The first-order chi connectivity index (χ1) is 13.7. The number of aliphatic hydroxyl groups is 1. The molecule has 168 valence electrons. The molecule has 0 rings (SSSR count). The molecule has 0 radical (unpaired) electrons. The van der Waals surface area contributed by atoms with Crippen LogP contribution in [0.15, 0.2) is 12.2 Å². The number of quaternary nitrogens is 1. The lowest BCUT2D eigenvalue weighted by atomic mass is 10.0. The highest BCUT2D eigenvalue weighted by Crippen LogP contribution is 2.16. The van der Waals surface area contributed by atoms with Gasteiger partial charge in [-0.1, -0.05) is 39.7 Å². The SMILES string of the molecule is CCCC/C=C/C(=O)NCC[N+](CCO)(CCC(C)C(=O)[O-])CCC(C)C(=O)O. The van der Waals surface area contributed by atoms with E-state index in [4.69, 9.17) is 5.11 Å². The van der Waals surface area contributed by atoms with Crippen LogP contribution in [-0.2, 0) is 14.4 Å². The zero-order valence-corrected chi connectivity index (χ0v) is 18.1. The molecule has 0 heterocycles. The van der Waals surface area contributed by atoms with E-state index in [1.165, 1.54) is 6.08 Å². The van der Waals surface area contributed by atoms with Crippen LogP contribution in [0.25, 0.3) is 0 Å². The zero-order valence-electron chi connectivity index (χ0n) is 18.1. The van der Waals surface area contributed by atoms with Crippen molar-refractivity contribution >= 4 is 17.8 Å². The molecule has 0 saturated carbocycles. The predicted molar refractivity (Wildman–Crippen MR) is 109 cm³/mol. The van der Waals surface area contributed by atoms with Crippen molar-refractivity contribution in [1.82, 2.24) is 5.32 Å². The van der Waals surface area contributed by atoms with E-state index in [1.807, 2.05) is 6.08 Å². The largest absolute Gasteiger partial charge is 0.550 e. The molecule has 0 aliphatic rings. The Kier molecular flexibility index (Phi) is 14.0. The first kappa shape index (κ1) is 27.1. The van der Waals surface area contributed by atoms with Crippen LogP contribution in [0.4, 0.5) is 0 Å². The predicted octanol–water partition coefficient (Wildman–Crippen LogP) is 0.545. The van der Waals surface area contributed by atoms with Crippen LogP contribution in [0.1, 0.15) is 52.9 Å². The summed E-state index contributed by atoms with van der Waals surface area (Å²) in [5.74, 6) is -3.39. The molecule has 3 N–H and O–H groups in total. The summed E-state index contributed by atoms with van der Waals surface area (Å²) in [6.07, 6.45) is 7.05. The fourth-order valence-electron chi connectivity index (χ4n) is 3.05. The van der Waals surface area contributed by atoms with Gasteiger partial charge in [0.25, 0.3) is 0 Å². The molecular formula is C21H38N2O6. The molecule has 29 heavy (non-hydrogen) atoms. The normalized spacial score (nSPS) is 15.6. The Morgan fingerprint density at radius 3 is 2.21 bits per heavy atom. The molecule has 0 fully saturated rings. The fourth-order valence-corrected chi connectivity index (χ4v) is 3.05. The van der Waals surface area contributed by atoms with Crippen LogP contribution in [-0.4, -0.2) is 71.9 Å². The number of carbonyl (C=O) groups is 3. The Bertz CT molecular complexity index is 511. The Balaban J connectivity index is 5.00. The lowest BCUT2D eigenvalue weighted by Gasteiger charge is -2.39. The van der Waals surface area contributed by atoms with Gasteiger partial charge in [-0.3, -0.25) is 9.59 Å². The molecule has 0 aliphatic heterocycles. The minimum absolute atomic E-state index is 0.105. The van der Waals surface area contributed by atoms with Crippen LogP contribution in [0.2, 0.25) is 0 Å². The first-order valence-electron chi connectivity index (χ1n) is 10.5. The third-order valence-corrected chi connectivity index (χ3v) is 5.35. The minimum Gasteiger partial charge on any atom is -0.550 e. The van der Waals surface area contributed by atoms with E-state index in [0.29, 0.717) is 50.0 Å². The second-order valence-electron chi connectivity index (χ2n) is 7.83. The van der Waals surface area contributed by atoms with Gasteiger partial charge >= 0.3 is 5.97 Å². The van der Waals surface area contributed by atoms with Gasteiger partial charge in [0, 0.05) is 24.7 Å². The number of hydrogen-bond acceptors (Lipinski definition) is 5. The van der Waals surface area contributed by atoms with Gasteiger partial charge in [-0.2, -0.15) is 0 Å². The number of nitrogens with zero attached hydrogens (tertiary/aromatic N) is 1. The fraction of sp³-hybridized carbons (Fsp3) is 0.762. The number of amides is 1. The molecule has 0 aliphatic carbocycles. The second-order valence-corrected chi connectivity index (χ2v) is 7.83. The lowest BCUT2D eigenvalue weighted by Crippen LogP contribution is -2.55. The van der Waals surface area contributed by atoms with Crippen LogP contribution >= 0.6 is 0 Å². The summed E-state index contributed by atoms with van der Waals surface area (Å²) < 4.78 is 0.353. The van der Waals surface area contributed by atoms with Crippen molar-refractivity contribution in [1.29, 1.82) is 0 Å². The molecule has 0 saturated heterocycles. The molecular weight excluding hydrogens is 376 g/mol. The summed E-state index contributed by atoms with van der Waals surface area (Å²) in [4.78, 5) is 34.2. The number of allylic oxidation sites excluding steroid dienone is 1. The van der Waals surface area contributed by atoms with E-state index >= 15 is 0 Å². The highest BCUT2D eigenvalue weighted by atomic mass is 16.4. The maximum Gasteiger partial charge on any atom is 0.306 e. The Morgan fingerprint density at radius 1 is 1.07 bits per heavy atom. The highest BCUT2D eigenvalue weighted by Gasteiger charge is 2.29. The Labute approximate surface area is 174 Å². The summed E-state index contributed by atoms with van der Waals surface area (Å²) in [5.41, 5.74) is 0. The van der Waals surface area contributed by atoms with Gasteiger partial charge in [0.15, 0.2) is 0 Å². The monoisotopic (exact) mass is 414 g/mol. The molecule has 3 unspecified atom stereocenters. The van der Waals surface area contributed by atoms with Gasteiger partial charge in [0.1, 0.15) is 6.54 Å². The molecule has 8 heteroatoms. The molecule has 0 aromatic heterocycles. The second kappa shape index (κ2) is 15.0. The summed E-state index contributed by atoms with van der Waals surface area (Å²) in [6.45, 7) is 7.34. The van der Waals surface area contributed by atoms with Crippen LogP contribution < -0.4 is 10.4 Å². The number of nitrogens with one attached hydrogen (secondary N) is 1. The molecule has 0 aromatic carbocycles. The molecule has 0 spiro atoms. The van der Waals surface area contributed by atoms with Crippen molar-refractivity contribution in [2.45, 2.75) is 52.9 Å². The van der Waals surface area contributed by atoms with E-state index < -0.39 is 23.8 Å². The number of hydrogen-bond donors (Lipinski definition) is 3. The van der Waals surface area contributed by atoms with Crippen molar-refractivity contribution in [2.75, 3.05) is 39.3 Å². The van der Waals surface area contributed by atoms with E-state index in [2.05, 4.69) is 12.2 Å². The summed E-state index contributed by atoms with van der Waals surface area (Å²) in [7, 11) is 0. The van der Waals surface area contributed by atoms with Crippen LogP contribution in [0.3, 0.4) is 0 Å². The maximum atomic E-state index is 11.9. The summed E-state index contributed by atoms with van der Waals surface area (Å²) in [5, 5.41) is 32.6. The smallest absolute Gasteiger partial charge is 0.306 e. The number of unbranched alkanes of at least 4 members (excludes halogenated alkanes) is 2. The van der Waals surface area contributed by atoms with Crippen LogP contribution in [0, 0.1) is 11.8 Å². The van der Waals surface area contributed by atoms with Gasteiger partial charge in [0.2, 0.25) is 5.91 Å². The topological polar surface area (TPSA) is 127 Å².